The zero-order valence-corrected chi connectivity index (χ0v) is 15.2. The Balaban J connectivity index is 1.76. The van der Waals surface area contributed by atoms with Gasteiger partial charge < -0.3 is 4.74 Å². The molecule has 2 nitrogen and oxygen atoms in total. The summed E-state index contributed by atoms with van der Waals surface area (Å²) in [6.45, 7) is 0. The van der Waals surface area contributed by atoms with E-state index < -0.39 is 0 Å². The third kappa shape index (κ3) is 3.24. The van der Waals surface area contributed by atoms with Gasteiger partial charge in [0.15, 0.2) is 0 Å². The SMILES string of the molecule is COc1ccc2cc(-c3ccccc3)ccc2c1C[C@@H]1CCCCC1=O. The van der Waals surface area contributed by atoms with Crippen LogP contribution in [0.4, 0.5) is 0 Å². The molecule has 0 unspecified atom stereocenters. The Bertz CT molecular complexity index is 928. The molecule has 0 N–H and O–H groups in total. The number of hydrogen-bond donors (Lipinski definition) is 0. The third-order valence-corrected chi connectivity index (χ3v) is 5.55. The van der Waals surface area contributed by atoms with E-state index in [9.17, 15) is 4.79 Å². The Hall–Kier alpha value is -2.61. The van der Waals surface area contributed by atoms with Gasteiger partial charge in [0.2, 0.25) is 0 Å². The number of ether oxygens (including phenoxy) is 1. The lowest BCUT2D eigenvalue weighted by molar-refractivity contribution is -0.124. The largest absolute Gasteiger partial charge is 0.496 e. The van der Waals surface area contributed by atoms with Crippen LogP contribution in [0.15, 0.2) is 60.7 Å². The van der Waals surface area contributed by atoms with Gasteiger partial charge in [0.1, 0.15) is 11.5 Å². The smallest absolute Gasteiger partial charge is 0.136 e. The molecule has 2 heteroatoms. The standard InChI is InChI=1S/C24H24O2/c1-26-24-14-12-19-15-18(17-7-3-2-4-8-17)11-13-21(19)22(24)16-20-9-5-6-10-23(20)25/h2-4,7-8,11-15,20H,5-6,9-10,16H2,1H3/t20-/m0/s1. The van der Waals surface area contributed by atoms with Crippen molar-refractivity contribution in [3.8, 4) is 16.9 Å². The van der Waals surface area contributed by atoms with Crippen molar-refractivity contribution in [1.82, 2.24) is 0 Å². The van der Waals surface area contributed by atoms with Crippen molar-refractivity contribution in [1.29, 1.82) is 0 Å². The van der Waals surface area contributed by atoms with Crippen LogP contribution in [0.5, 0.6) is 5.75 Å². The molecule has 26 heavy (non-hydrogen) atoms. The van der Waals surface area contributed by atoms with Crippen molar-refractivity contribution < 1.29 is 9.53 Å². The second-order valence-corrected chi connectivity index (χ2v) is 7.16. The zero-order chi connectivity index (χ0) is 17.9. The number of fused-ring (bicyclic) bond motifs is 1. The van der Waals surface area contributed by atoms with Crippen LogP contribution in [0.2, 0.25) is 0 Å². The number of carbonyl (C=O) groups excluding carboxylic acids is 1. The summed E-state index contributed by atoms with van der Waals surface area (Å²) in [5.41, 5.74) is 3.60. The Labute approximate surface area is 154 Å². The maximum Gasteiger partial charge on any atom is 0.136 e. The summed E-state index contributed by atoms with van der Waals surface area (Å²) in [5.74, 6) is 1.44. The van der Waals surface area contributed by atoms with E-state index in [1.165, 1.54) is 27.5 Å². The van der Waals surface area contributed by atoms with E-state index in [1.54, 1.807) is 7.11 Å². The van der Waals surface area contributed by atoms with Gasteiger partial charge in [-0.2, -0.15) is 0 Å². The van der Waals surface area contributed by atoms with Crippen molar-refractivity contribution in [3.63, 3.8) is 0 Å². The first kappa shape index (κ1) is 16.8. The van der Waals surface area contributed by atoms with Crippen molar-refractivity contribution >= 4 is 16.6 Å². The maximum absolute atomic E-state index is 12.3. The topological polar surface area (TPSA) is 26.3 Å². The number of ketones is 1. The van der Waals surface area contributed by atoms with E-state index in [-0.39, 0.29) is 5.92 Å². The molecule has 3 aromatic carbocycles. The highest BCUT2D eigenvalue weighted by Gasteiger charge is 2.24. The Morgan fingerprint density at radius 3 is 2.58 bits per heavy atom. The summed E-state index contributed by atoms with van der Waals surface area (Å²) in [4.78, 5) is 12.3. The normalized spacial score (nSPS) is 17.4. The molecule has 0 heterocycles. The number of Topliss-reactive ketones (excluding diaryl/α,β-unsaturated/α-hetero) is 1. The maximum atomic E-state index is 12.3. The predicted molar refractivity (Wildman–Crippen MR) is 107 cm³/mol. The van der Waals surface area contributed by atoms with Gasteiger partial charge in [-0.1, -0.05) is 55.0 Å². The van der Waals surface area contributed by atoms with Gasteiger partial charge in [-0.25, -0.2) is 0 Å². The molecule has 132 valence electrons. The predicted octanol–water partition coefficient (Wildman–Crippen LogP) is 5.82. The van der Waals surface area contributed by atoms with Gasteiger partial charge in [0, 0.05) is 17.9 Å². The first-order valence-corrected chi connectivity index (χ1v) is 9.44. The van der Waals surface area contributed by atoms with Crippen LogP contribution in [-0.4, -0.2) is 12.9 Å². The molecule has 1 atom stereocenters. The van der Waals surface area contributed by atoms with Crippen LogP contribution in [0.3, 0.4) is 0 Å². The molecule has 3 aromatic rings. The van der Waals surface area contributed by atoms with Crippen molar-refractivity contribution in [2.24, 2.45) is 5.92 Å². The quantitative estimate of drug-likeness (QED) is 0.596. The summed E-state index contributed by atoms with van der Waals surface area (Å²) >= 11 is 0. The summed E-state index contributed by atoms with van der Waals surface area (Å²) in [6, 6.07) is 21.2. The van der Waals surface area contributed by atoms with E-state index >= 15 is 0 Å². The van der Waals surface area contributed by atoms with E-state index in [2.05, 4.69) is 48.5 Å². The minimum atomic E-state index is 0.136. The fraction of sp³-hybridized carbons (Fsp3) is 0.292. The molecular formula is C24H24O2. The van der Waals surface area contributed by atoms with Gasteiger partial charge in [0.05, 0.1) is 7.11 Å². The molecule has 0 saturated heterocycles. The van der Waals surface area contributed by atoms with Gasteiger partial charge in [-0.05, 0) is 53.3 Å². The molecular weight excluding hydrogens is 320 g/mol. The second kappa shape index (κ2) is 7.33. The van der Waals surface area contributed by atoms with Crippen molar-refractivity contribution in [2.45, 2.75) is 32.1 Å². The summed E-state index contributed by atoms with van der Waals surface area (Å²) in [6.07, 6.45) is 4.71. The molecule has 0 bridgehead atoms. The fourth-order valence-electron chi connectivity index (χ4n) is 4.10. The highest BCUT2D eigenvalue weighted by atomic mass is 16.5. The Morgan fingerprint density at radius 1 is 0.962 bits per heavy atom. The summed E-state index contributed by atoms with van der Waals surface area (Å²) < 4.78 is 5.63. The lowest BCUT2D eigenvalue weighted by atomic mass is 9.82. The second-order valence-electron chi connectivity index (χ2n) is 7.16. The molecule has 0 radical (unpaired) electrons. The molecule has 0 amide bonds. The number of benzene rings is 3. The molecule has 0 aliphatic heterocycles. The van der Waals surface area contributed by atoms with Crippen LogP contribution in [0, 0.1) is 5.92 Å². The average Bonchev–Trinajstić information content (AvgIpc) is 2.70. The van der Waals surface area contributed by atoms with E-state index in [4.69, 9.17) is 4.74 Å². The highest BCUT2D eigenvalue weighted by Crippen LogP contribution is 2.35. The van der Waals surface area contributed by atoms with Crippen LogP contribution in [0.25, 0.3) is 21.9 Å². The summed E-state index contributed by atoms with van der Waals surface area (Å²) in [5, 5.41) is 2.40. The van der Waals surface area contributed by atoms with Crippen LogP contribution < -0.4 is 4.74 Å². The van der Waals surface area contributed by atoms with Gasteiger partial charge in [-0.15, -0.1) is 0 Å². The lowest BCUT2D eigenvalue weighted by Crippen LogP contribution is -2.21. The summed E-state index contributed by atoms with van der Waals surface area (Å²) in [7, 11) is 1.71. The molecule has 1 aliphatic carbocycles. The number of hydrogen-bond acceptors (Lipinski definition) is 2. The first-order valence-electron chi connectivity index (χ1n) is 9.44. The van der Waals surface area contributed by atoms with Crippen molar-refractivity contribution in [3.05, 3.63) is 66.2 Å². The van der Waals surface area contributed by atoms with E-state index in [1.807, 2.05) is 12.1 Å². The molecule has 1 aliphatic rings. The monoisotopic (exact) mass is 344 g/mol. The van der Waals surface area contributed by atoms with Crippen LogP contribution in [0.1, 0.15) is 31.2 Å². The molecule has 4 rings (SSSR count). The van der Waals surface area contributed by atoms with Crippen LogP contribution >= 0.6 is 0 Å². The molecule has 0 aromatic heterocycles. The lowest BCUT2D eigenvalue weighted by Gasteiger charge is -2.22. The highest BCUT2D eigenvalue weighted by molar-refractivity contribution is 5.92. The Kier molecular flexibility index (Phi) is 4.75. The Morgan fingerprint density at radius 2 is 1.81 bits per heavy atom. The minimum absolute atomic E-state index is 0.136. The van der Waals surface area contributed by atoms with Crippen molar-refractivity contribution in [2.75, 3.05) is 7.11 Å². The number of carbonyl (C=O) groups is 1. The van der Waals surface area contributed by atoms with Gasteiger partial charge >= 0.3 is 0 Å². The molecule has 1 fully saturated rings. The van der Waals surface area contributed by atoms with Gasteiger partial charge in [-0.3, -0.25) is 4.79 Å². The first-order chi connectivity index (χ1) is 12.8. The zero-order valence-electron chi connectivity index (χ0n) is 15.2. The van der Waals surface area contributed by atoms with Gasteiger partial charge in [0.25, 0.3) is 0 Å². The average molecular weight is 344 g/mol. The molecule has 1 saturated carbocycles. The molecule has 0 spiro atoms. The van der Waals surface area contributed by atoms with Crippen LogP contribution in [-0.2, 0) is 11.2 Å². The number of methoxy groups -OCH3 is 1. The minimum Gasteiger partial charge on any atom is -0.496 e. The van der Waals surface area contributed by atoms with E-state index in [0.29, 0.717) is 5.78 Å². The third-order valence-electron chi connectivity index (χ3n) is 5.55. The van der Waals surface area contributed by atoms with E-state index in [0.717, 1.165) is 37.9 Å². The fourth-order valence-corrected chi connectivity index (χ4v) is 4.10. The number of rotatable bonds is 4.